The number of carbonyl (C=O) groups is 1. The van der Waals surface area contributed by atoms with Crippen LogP contribution < -0.4 is 0 Å². The Balaban J connectivity index is 1.89. The highest BCUT2D eigenvalue weighted by Crippen LogP contribution is 2.30. The van der Waals surface area contributed by atoms with Gasteiger partial charge in [0.2, 0.25) is 0 Å². The maximum atomic E-state index is 13.8. The number of aromatic nitrogens is 3. The van der Waals surface area contributed by atoms with Gasteiger partial charge < -0.3 is 0 Å². The molecule has 0 saturated carbocycles. The molecule has 3 rings (SSSR count). The molecule has 110 valence electrons. The van der Waals surface area contributed by atoms with Crippen molar-refractivity contribution < 1.29 is 9.18 Å². The predicted octanol–water partition coefficient (Wildman–Crippen LogP) is 4.01. The monoisotopic (exact) mass is 331 g/mol. The molecular formula is C15H10FN3OS2. The Morgan fingerprint density at radius 3 is 2.86 bits per heavy atom. The first kappa shape index (κ1) is 14.7. The summed E-state index contributed by atoms with van der Waals surface area (Å²) in [4.78, 5) is 17.0. The van der Waals surface area contributed by atoms with E-state index < -0.39 is 0 Å². The number of aryl methyl sites for hydroxylation is 1. The van der Waals surface area contributed by atoms with Crippen LogP contribution in [-0.4, -0.2) is 20.4 Å². The van der Waals surface area contributed by atoms with E-state index in [4.69, 9.17) is 0 Å². The van der Waals surface area contributed by atoms with Crippen LogP contribution in [0.15, 0.2) is 35.7 Å². The molecule has 22 heavy (non-hydrogen) atoms. The standard InChI is InChI=1S/C15H10FN3OS2/c1-9-14(13(20)7-6-10-8-21-19-18-10)22-15(17-9)11-4-2-3-5-12(11)16/h2-8H,1H3/b7-6+. The van der Waals surface area contributed by atoms with Crippen molar-refractivity contribution >= 4 is 34.7 Å². The van der Waals surface area contributed by atoms with Gasteiger partial charge in [0.25, 0.3) is 0 Å². The second-order valence-corrected chi connectivity index (χ2v) is 6.05. The van der Waals surface area contributed by atoms with Crippen molar-refractivity contribution in [3.05, 3.63) is 57.8 Å². The predicted molar refractivity (Wildman–Crippen MR) is 85.5 cm³/mol. The summed E-state index contributed by atoms with van der Waals surface area (Å²) in [5.74, 6) is -0.523. The van der Waals surface area contributed by atoms with Crippen molar-refractivity contribution in [3.8, 4) is 10.6 Å². The number of rotatable bonds is 4. The number of ketones is 1. The molecule has 2 aromatic heterocycles. The Bertz CT molecular complexity index is 840. The zero-order chi connectivity index (χ0) is 15.5. The summed E-state index contributed by atoms with van der Waals surface area (Å²) in [5, 5.41) is 6.08. The molecule has 7 heteroatoms. The number of allylic oxidation sites excluding steroid dienone is 1. The second kappa shape index (κ2) is 6.25. The van der Waals surface area contributed by atoms with Gasteiger partial charge in [0.05, 0.1) is 16.3 Å². The fourth-order valence-corrected chi connectivity index (χ4v) is 3.29. The van der Waals surface area contributed by atoms with E-state index in [1.54, 1.807) is 36.6 Å². The van der Waals surface area contributed by atoms with Gasteiger partial charge in [0, 0.05) is 10.9 Å². The maximum absolute atomic E-state index is 13.8. The molecule has 0 radical (unpaired) electrons. The lowest BCUT2D eigenvalue weighted by molar-refractivity contribution is 0.105. The molecule has 0 aliphatic heterocycles. The van der Waals surface area contributed by atoms with Gasteiger partial charge in [-0.25, -0.2) is 9.37 Å². The van der Waals surface area contributed by atoms with Crippen molar-refractivity contribution in [2.75, 3.05) is 0 Å². The maximum Gasteiger partial charge on any atom is 0.197 e. The summed E-state index contributed by atoms with van der Waals surface area (Å²) in [6.45, 7) is 1.74. The molecule has 0 unspecified atom stereocenters. The Morgan fingerprint density at radius 2 is 2.14 bits per heavy atom. The van der Waals surface area contributed by atoms with Gasteiger partial charge in [0.15, 0.2) is 5.78 Å². The second-order valence-electron chi connectivity index (χ2n) is 4.44. The summed E-state index contributed by atoms with van der Waals surface area (Å²) >= 11 is 2.40. The third kappa shape index (κ3) is 3.00. The lowest BCUT2D eigenvalue weighted by Crippen LogP contribution is -1.93. The first-order valence-electron chi connectivity index (χ1n) is 6.37. The number of halogens is 1. The van der Waals surface area contributed by atoms with Crippen LogP contribution in [0.3, 0.4) is 0 Å². The lowest BCUT2D eigenvalue weighted by Gasteiger charge is -1.96. The topological polar surface area (TPSA) is 55.7 Å². The molecule has 0 fully saturated rings. The Morgan fingerprint density at radius 1 is 1.32 bits per heavy atom. The highest BCUT2D eigenvalue weighted by atomic mass is 32.1. The number of thiazole rings is 1. The van der Waals surface area contributed by atoms with E-state index in [0.29, 0.717) is 26.8 Å². The molecule has 3 aromatic rings. The minimum absolute atomic E-state index is 0.175. The molecule has 0 amide bonds. The third-order valence-electron chi connectivity index (χ3n) is 2.91. The van der Waals surface area contributed by atoms with Gasteiger partial charge in [-0.3, -0.25) is 4.79 Å². The molecular weight excluding hydrogens is 321 g/mol. The molecule has 0 bridgehead atoms. The molecule has 0 saturated heterocycles. The van der Waals surface area contributed by atoms with E-state index in [0.717, 1.165) is 0 Å². The first-order chi connectivity index (χ1) is 10.6. The smallest absolute Gasteiger partial charge is 0.197 e. The molecule has 0 spiro atoms. The minimum Gasteiger partial charge on any atom is -0.288 e. The van der Waals surface area contributed by atoms with Gasteiger partial charge in [-0.15, -0.1) is 16.4 Å². The van der Waals surface area contributed by atoms with Crippen LogP contribution in [0.4, 0.5) is 4.39 Å². The number of benzene rings is 1. The fourth-order valence-electron chi connectivity index (χ4n) is 1.86. The molecule has 0 N–H and O–H groups in total. The van der Waals surface area contributed by atoms with Crippen molar-refractivity contribution in [2.45, 2.75) is 6.92 Å². The van der Waals surface area contributed by atoms with Crippen LogP contribution in [0.25, 0.3) is 16.6 Å². The summed E-state index contributed by atoms with van der Waals surface area (Å²) in [6, 6.07) is 6.39. The third-order valence-corrected chi connectivity index (χ3v) is 4.64. The quantitative estimate of drug-likeness (QED) is 0.535. The van der Waals surface area contributed by atoms with Gasteiger partial charge in [-0.1, -0.05) is 16.6 Å². The van der Waals surface area contributed by atoms with Gasteiger partial charge >= 0.3 is 0 Å². The van der Waals surface area contributed by atoms with E-state index in [1.165, 1.54) is 35.0 Å². The minimum atomic E-state index is -0.348. The molecule has 4 nitrogen and oxygen atoms in total. The van der Waals surface area contributed by atoms with Gasteiger partial charge in [-0.05, 0) is 42.7 Å². The van der Waals surface area contributed by atoms with Crippen molar-refractivity contribution in [1.82, 2.24) is 14.6 Å². The number of hydrogen-bond donors (Lipinski definition) is 0. The molecule has 0 aliphatic rings. The molecule has 2 heterocycles. The average Bonchev–Trinajstić information content (AvgIpc) is 3.15. The average molecular weight is 331 g/mol. The van der Waals surface area contributed by atoms with Crippen LogP contribution in [-0.2, 0) is 0 Å². The van der Waals surface area contributed by atoms with E-state index in [1.807, 2.05) is 0 Å². The van der Waals surface area contributed by atoms with Crippen LogP contribution >= 0.6 is 22.9 Å². The summed E-state index contributed by atoms with van der Waals surface area (Å²) in [7, 11) is 0. The van der Waals surface area contributed by atoms with Crippen LogP contribution in [0.2, 0.25) is 0 Å². The van der Waals surface area contributed by atoms with Crippen LogP contribution in [0.5, 0.6) is 0 Å². The van der Waals surface area contributed by atoms with Crippen molar-refractivity contribution in [1.29, 1.82) is 0 Å². The number of hydrogen-bond acceptors (Lipinski definition) is 6. The normalized spacial score (nSPS) is 11.2. The highest BCUT2D eigenvalue weighted by Gasteiger charge is 2.16. The fraction of sp³-hybridized carbons (Fsp3) is 0.0667. The summed E-state index contributed by atoms with van der Waals surface area (Å²) in [5.41, 5.74) is 1.63. The highest BCUT2D eigenvalue weighted by molar-refractivity contribution is 7.17. The zero-order valence-electron chi connectivity index (χ0n) is 11.5. The number of nitrogens with zero attached hydrogens (tertiary/aromatic N) is 3. The molecule has 1 aromatic carbocycles. The van der Waals surface area contributed by atoms with Gasteiger partial charge in [0.1, 0.15) is 10.8 Å². The Labute approximate surface area is 134 Å². The Hall–Kier alpha value is -2.25. The van der Waals surface area contributed by atoms with E-state index in [9.17, 15) is 9.18 Å². The van der Waals surface area contributed by atoms with Crippen molar-refractivity contribution in [3.63, 3.8) is 0 Å². The zero-order valence-corrected chi connectivity index (χ0v) is 13.1. The summed E-state index contributed by atoms with van der Waals surface area (Å²) < 4.78 is 17.5. The molecule has 0 aliphatic carbocycles. The van der Waals surface area contributed by atoms with Crippen LogP contribution in [0, 0.1) is 12.7 Å². The van der Waals surface area contributed by atoms with Crippen molar-refractivity contribution in [2.24, 2.45) is 0 Å². The first-order valence-corrected chi connectivity index (χ1v) is 8.02. The van der Waals surface area contributed by atoms with E-state index >= 15 is 0 Å². The number of carbonyl (C=O) groups excluding carboxylic acids is 1. The van der Waals surface area contributed by atoms with E-state index in [-0.39, 0.29) is 11.6 Å². The van der Waals surface area contributed by atoms with Gasteiger partial charge in [-0.2, -0.15) is 0 Å². The summed E-state index contributed by atoms with van der Waals surface area (Å²) in [6.07, 6.45) is 3.04. The SMILES string of the molecule is Cc1nc(-c2ccccc2F)sc1C(=O)/C=C/c1csnn1. The van der Waals surface area contributed by atoms with E-state index in [2.05, 4.69) is 14.6 Å². The molecule has 0 atom stereocenters. The van der Waals surface area contributed by atoms with Crippen LogP contribution in [0.1, 0.15) is 21.1 Å². The Kier molecular flexibility index (Phi) is 4.17. The lowest BCUT2D eigenvalue weighted by atomic mass is 10.2. The largest absolute Gasteiger partial charge is 0.288 e.